The van der Waals surface area contributed by atoms with Crippen molar-refractivity contribution in [1.82, 2.24) is 19.5 Å². The molecule has 5 rings (SSSR count). The lowest BCUT2D eigenvalue weighted by Crippen LogP contribution is -2.17. The molecule has 6 nitrogen and oxygen atoms in total. The highest BCUT2D eigenvalue weighted by Crippen LogP contribution is 2.36. The van der Waals surface area contributed by atoms with E-state index in [4.69, 9.17) is 4.74 Å². The highest BCUT2D eigenvalue weighted by Gasteiger charge is 2.21. The van der Waals surface area contributed by atoms with Crippen LogP contribution >= 0.6 is 11.3 Å². The number of nitrogens with zero attached hydrogens (tertiary/aromatic N) is 4. The van der Waals surface area contributed by atoms with Gasteiger partial charge in [0.05, 0.1) is 12.5 Å². The van der Waals surface area contributed by atoms with Gasteiger partial charge in [0, 0.05) is 24.3 Å². The number of aromatic nitrogens is 4. The molecule has 154 valence electrons. The predicted molar refractivity (Wildman–Crippen MR) is 125 cm³/mol. The molecule has 3 heterocycles. The molecule has 5 aromatic rings. The number of thiophene rings is 1. The van der Waals surface area contributed by atoms with Crippen molar-refractivity contribution in [2.45, 2.75) is 6.04 Å². The number of methoxy groups -OCH3 is 1. The largest absolute Gasteiger partial charge is 0.497 e. The van der Waals surface area contributed by atoms with Crippen LogP contribution in [0.5, 0.6) is 5.75 Å². The highest BCUT2D eigenvalue weighted by atomic mass is 32.1. The maximum Gasteiger partial charge on any atom is 0.139 e. The summed E-state index contributed by atoms with van der Waals surface area (Å²) in [6.07, 6.45) is 5.35. The van der Waals surface area contributed by atoms with Crippen molar-refractivity contribution in [3.63, 3.8) is 0 Å². The average Bonchev–Trinajstić information content (AvgIpc) is 3.45. The van der Waals surface area contributed by atoms with Crippen LogP contribution in [0.25, 0.3) is 20.7 Å². The third kappa shape index (κ3) is 3.75. The van der Waals surface area contributed by atoms with Gasteiger partial charge in [0.25, 0.3) is 0 Å². The van der Waals surface area contributed by atoms with Crippen LogP contribution in [0, 0.1) is 0 Å². The molecule has 7 heteroatoms. The molecule has 0 radical (unpaired) electrons. The maximum absolute atomic E-state index is 5.45. The second-order valence-electron chi connectivity index (χ2n) is 7.17. The Labute approximate surface area is 184 Å². The van der Waals surface area contributed by atoms with Gasteiger partial charge in [-0.1, -0.05) is 42.5 Å². The zero-order valence-corrected chi connectivity index (χ0v) is 18.0. The number of rotatable bonds is 6. The molecule has 31 heavy (non-hydrogen) atoms. The van der Waals surface area contributed by atoms with Crippen molar-refractivity contribution in [2.75, 3.05) is 12.4 Å². The van der Waals surface area contributed by atoms with Crippen LogP contribution in [0.4, 0.5) is 5.82 Å². The summed E-state index contributed by atoms with van der Waals surface area (Å²) < 4.78 is 7.46. The van der Waals surface area contributed by atoms with E-state index in [2.05, 4.69) is 44.5 Å². The van der Waals surface area contributed by atoms with Gasteiger partial charge in [-0.25, -0.2) is 15.0 Å². The molecule has 1 unspecified atom stereocenters. The van der Waals surface area contributed by atoms with E-state index in [0.29, 0.717) is 0 Å². The van der Waals surface area contributed by atoms with E-state index in [1.165, 1.54) is 5.56 Å². The number of anilines is 1. The zero-order chi connectivity index (χ0) is 21.2. The molecule has 0 saturated carbocycles. The first-order chi connectivity index (χ1) is 15.2. The summed E-state index contributed by atoms with van der Waals surface area (Å²) in [4.78, 5) is 15.8. The summed E-state index contributed by atoms with van der Waals surface area (Å²) >= 11 is 1.66. The molecule has 0 aliphatic carbocycles. The maximum atomic E-state index is 5.45. The first kappa shape index (κ1) is 19.3. The number of hydrogen-bond donors (Lipinski definition) is 1. The van der Waals surface area contributed by atoms with Crippen molar-refractivity contribution < 1.29 is 4.74 Å². The van der Waals surface area contributed by atoms with E-state index in [1.807, 2.05) is 54.2 Å². The Kier molecular flexibility index (Phi) is 5.09. The van der Waals surface area contributed by atoms with Gasteiger partial charge in [0.2, 0.25) is 0 Å². The number of hydrogen-bond acceptors (Lipinski definition) is 6. The summed E-state index contributed by atoms with van der Waals surface area (Å²) in [5, 5.41) is 4.61. The Bertz CT molecular complexity index is 1330. The minimum Gasteiger partial charge on any atom is -0.497 e. The molecular formula is C24H21N5OS. The topological polar surface area (TPSA) is 64.9 Å². The molecular weight excluding hydrogens is 406 g/mol. The van der Waals surface area contributed by atoms with Gasteiger partial charge in [0.15, 0.2) is 0 Å². The van der Waals surface area contributed by atoms with Crippen molar-refractivity contribution in [3.8, 4) is 16.2 Å². The van der Waals surface area contributed by atoms with Crippen molar-refractivity contribution >= 4 is 27.4 Å². The fraction of sp³-hybridized carbons (Fsp3) is 0.125. The van der Waals surface area contributed by atoms with E-state index < -0.39 is 0 Å². The lowest BCUT2D eigenvalue weighted by Gasteiger charge is -2.20. The third-order valence-corrected chi connectivity index (χ3v) is 6.30. The van der Waals surface area contributed by atoms with Gasteiger partial charge in [-0.2, -0.15) is 0 Å². The van der Waals surface area contributed by atoms with Crippen LogP contribution < -0.4 is 10.1 Å². The number of fused-ring (bicyclic) bond motifs is 1. The van der Waals surface area contributed by atoms with Crippen LogP contribution in [0.3, 0.4) is 0 Å². The molecule has 0 aliphatic heterocycles. The number of ether oxygens (including phenoxy) is 1. The van der Waals surface area contributed by atoms with Gasteiger partial charge in [-0.15, -0.1) is 11.3 Å². The Hall–Kier alpha value is -3.71. The molecule has 2 aromatic carbocycles. The molecule has 1 atom stereocenters. The van der Waals surface area contributed by atoms with E-state index in [1.54, 1.807) is 31.0 Å². The first-order valence-electron chi connectivity index (χ1n) is 9.90. The Balaban J connectivity index is 1.59. The van der Waals surface area contributed by atoms with Crippen LogP contribution in [0.15, 0.2) is 79.4 Å². The lowest BCUT2D eigenvalue weighted by molar-refractivity contribution is 0.414. The van der Waals surface area contributed by atoms with Crippen LogP contribution in [0.1, 0.15) is 17.4 Å². The molecule has 0 aliphatic rings. The Morgan fingerprint density at radius 2 is 1.87 bits per heavy atom. The zero-order valence-electron chi connectivity index (χ0n) is 17.2. The van der Waals surface area contributed by atoms with Gasteiger partial charge < -0.3 is 14.6 Å². The van der Waals surface area contributed by atoms with Crippen LogP contribution in [-0.4, -0.2) is 26.6 Å². The summed E-state index contributed by atoms with van der Waals surface area (Å²) in [6, 6.07) is 20.3. The summed E-state index contributed by atoms with van der Waals surface area (Å²) in [6.45, 7) is 0. The van der Waals surface area contributed by atoms with Gasteiger partial charge >= 0.3 is 0 Å². The quantitative estimate of drug-likeness (QED) is 0.398. The molecule has 0 spiro atoms. The van der Waals surface area contributed by atoms with Crippen LogP contribution in [-0.2, 0) is 7.05 Å². The Morgan fingerprint density at radius 3 is 2.65 bits per heavy atom. The van der Waals surface area contributed by atoms with E-state index in [0.717, 1.165) is 38.0 Å². The average molecular weight is 428 g/mol. The molecule has 0 saturated heterocycles. The summed E-state index contributed by atoms with van der Waals surface area (Å²) in [5.41, 5.74) is 2.21. The minimum atomic E-state index is -0.201. The number of benzene rings is 2. The first-order valence-corrected chi connectivity index (χ1v) is 10.7. The van der Waals surface area contributed by atoms with Gasteiger partial charge in [-0.05, 0) is 29.3 Å². The second-order valence-corrected chi connectivity index (χ2v) is 8.20. The minimum absolute atomic E-state index is 0.201. The normalized spacial score (nSPS) is 12.1. The fourth-order valence-corrected chi connectivity index (χ4v) is 4.63. The summed E-state index contributed by atoms with van der Waals surface area (Å²) in [7, 11) is 3.66. The van der Waals surface area contributed by atoms with E-state index >= 15 is 0 Å². The number of aryl methyl sites for hydroxylation is 1. The molecule has 0 amide bonds. The molecule has 0 fully saturated rings. The number of nitrogens with one attached hydrogen (secondary N) is 1. The van der Waals surface area contributed by atoms with Gasteiger partial charge in [0.1, 0.15) is 34.6 Å². The van der Waals surface area contributed by atoms with Crippen molar-refractivity contribution in [1.29, 1.82) is 0 Å². The van der Waals surface area contributed by atoms with Crippen molar-refractivity contribution in [3.05, 3.63) is 90.8 Å². The Morgan fingerprint density at radius 1 is 1.00 bits per heavy atom. The molecule has 3 aromatic heterocycles. The van der Waals surface area contributed by atoms with E-state index in [9.17, 15) is 0 Å². The second kappa shape index (κ2) is 8.20. The molecule has 0 bridgehead atoms. The number of imidazole rings is 1. The third-order valence-electron chi connectivity index (χ3n) is 5.21. The SMILES string of the molecule is COc1cccc(C(Nc2ncnc3sc(-c4ccccc4)cc23)c2nccn2C)c1. The van der Waals surface area contributed by atoms with Gasteiger partial charge in [-0.3, -0.25) is 0 Å². The van der Waals surface area contributed by atoms with Crippen LogP contribution in [0.2, 0.25) is 0 Å². The summed E-state index contributed by atoms with van der Waals surface area (Å²) in [5.74, 6) is 2.46. The smallest absolute Gasteiger partial charge is 0.139 e. The lowest BCUT2D eigenvalue weighted by atomic mass is 10.1. The molecule has 1 N–H and O–H groups in total. The monoisotopic (exact) mass is 427 g/mol. The van der Waals surface area contributed by atoms with E-state index in [-0.39, 0.29) is 6.04 Å². The predicted octanol–water partition coefficient (Wildman–Crippen LogP) is 5.30. The fourth-order valence-electron chi connectivity index (χ4n) is 3.63. The highest BCUT2D eigenvalue weighted by molar-refractivity contribution is 7.21. The standard InChI is InChI=1S/C24H21N5OS/c1-29-12-11-25-23(29)21(17-9-6-10-18(13-17)30-2)28-22-19-14-20(16-7-4-3-5-8-16)31-24(19)27-15-26-22/h3-15,21H,1-2H3,(H,26,27,28). The van der Waals surface area contributed by atoms with Crippen molar-refractivity contribution in [2.24, 2.45) is 7.05 Å².